The SMILES string of the molecule is COC(=O)C1=C(C(=O)OC)N(c2cc(C(=O)O)c(F)cc2Cl)C(N)=C(C#N)C1c1ccccc1. The van der Waals surface area contributed by atoms with E-state index < -0.39 is 40.9 Å². The smallest absolute Gasteiger partial charge is 0.355 e. The van der Waals surface area contributed by atoms with Crippen molar-refractivity contribution < 1.29 is 33.4 Å². The van der Waals surface area contributed by atoms with E-state index in [1.165, 1.54) is 0 Å². The average Bonchev–Trinajstić information content (AvgIpc) is 2.83. The van der Waals surface area contributed by atoms with Crippen LogP contribution in [0.5, 0.6) is 0 Å². The standard InChI is InChI=1S/C23H17ClFN3O6/c1-33-22(31)18-17(11-6-4-3-5-7-11)13(10-26)20(27)28(19(18)23(32)34-2)16-8-12(21(29)30)15(25)9-14(16)24/h3-9,17H,27H2,1-2H3,(H,29,30). The fourth-order valence-electron chi connectivity index (χ4n) is 3.64. The molecular weight excluding hydrogens is 469 g/mol. The van der Waals surface area contributed by atoms with Crippen LogP contribution >= 0.6 is 11.6 Å². The third-order valence-corrected chi connectivity index (χ3v) is 5.42. The molecule has 0 saturated heterocycles. The van der Waals surface area contributed by atoms with E-state index in [0.29, 0.717) is 5.56 Å². The van der Waals surface area contributed by atoms with Gasteiger partial charge in [-0.2, -0.15) is 5.26 Å². The maximum absolute atomic E-state index is 14.2. The summed E-state index contributed by atoms with van der Waals surface area (Å²) in [6, 6.07) is 11.8. The summed E-state index contributed by atoms with van der Waals surface area (Å²) in [6.07, 6.45) is 0. The second kappa shape index (κ2) is 9.64. The van der Waals surface area contributed by atoms with E-state index in [1.807, 2.05) is 6.07 Å². The van der Waals surface area contributed by atoms with Crippen molar-refractivity contribution in [2.24, 2.45) is 5.73 Å². The number of carbonyl (C=O) groups is 3. The van der Waals surface area contributed by atoms with Crippen LogP contribution in [0.4, 0.5) is 10.1 Å². The molecule has 1 heterocycles. The van der Waals surface area contributed by atoms with E-state index in [0.717, 1.165) is 31.3 Å². The number of nitrogens with zero attached hydrogens (tertiary/aromatic N) is 2. The third kappa shape index (κ3) is 4.04. The molecule has 1 atom stereocenters. The number of hydrogen-bond donors (Lipinski definition) is 2. The molecule has 0 fully saturated rings. The van der Waals surface area contributed by atoms with Gasteiger partial charge < -0.3 is 20.3 Å². The average molecular weight is 486 g/mol. The molecule has 2 aromatic rings. The topological polar surface area (TPSA) is 143 Å². The Labute approximate surface area is 198 Å². The number of nitrogens with two attached hydrogens (primary N) is 1. The molecule has 9 nitrogen and oxygen atoms in total. The summed E-state index contributed by atoms with van der Waals surface area (Å²) < 4.78 is 24.0. The van der Waals surface area contributed by atoms with Crippen LogP contribution in [-0.4, -0.2) is 37.2 Å². The fraction of sp³-hybridized carbons (Fsp3) is 0.130. The maximum atomic E-state index is 14.2. The molecule has 3 N–H and O–H groups in total. The number of allylic oxidation sites excluding steroid dienone is 1. The minimum atomic E-state index is -1.62. The normalized spacial score (nSPS) is 15.6. The number of benzene rings is 2. The van der Waals surface area contributed by atoms with Crippen LogP contribution in [0.1, 0.15) is 21.8 Å². The molecule has 1 aliphatic rings. The number of carboxylic acids is 1. The Bertz CT molecular complexity index is 1300. The molecular formula is C23H17ClFN3O6. The van der Waals surface area contributed by atoms with Crippen molar-refractivity contribution in [1.82, 2.24) is 0 Å². The van der Waals surface area contributed by atoms with Crippen LogP contribution in [0.15, 0.2) is 65.1 Å². The van der Waals surface area contributed by atoms with Gasteiger partial charge in [-0.25, -0.2) is 18.8 Å². The first-order valence-corrected chi connectivity index (χ1v) is 9.93. The molecule has 0 saturated carbocycles. The summed E-state index contributed by atoms with van der Waals surface area (Å²) in [5, 5.41) is 19.0. The van der Waals surface area contributed by atoms with Crippen molar-refractivity contribution in [2.45, 2.75) is 5.92 Å². The summed E-state index contributed by atoms with van der Waals surface area (Å²) in [7, 11) is 2.13. The highest BCUT2D eigenvalue weighted by atomic mass is 35.5. The lowest BCUT2D eigenvalue weighted by atomic mass is 9.81. The van der Waals surface area contributed by atoms with Gasteiger partial charge in [0.2, 0.25) is 0 Å². The number of nitriles is 1. The third-order valence-electron chi connectivity index (χ3n) is 5.12. The number of hydrogen-bond acceptors (Lipinski definition) is 8. The summed E-state index contributed by atoms with van der Waals surface area (Å²) in [4.78, 5) is 38.4. The van der Waals surface area contributed by atoms with Gasteiger partial charge in [-0.1, -0.05) is 41.9 Å². The van der Waals surface area contributed by atoms with Gasteiger partial charge in [0.25, 0.3) is 0 Å². The van der Waals surface area contributed by atoms with Crippen molar-refractivity contribution in [3.8, 4) is 6.07 Å². The number of rotatable bonds is 5. The number of anilines is 1. The van der Waals surface area contributed by atoms with Gasteiger partial charge in [-0.15, -0.1) is 0 Å². The minimum absolute atomic E-state index is 0.156. The van der Waals surface area contributed by atoms with Crippen LogP contribution in [-0.2, 0) is 19.1 Å². The first-order valence-electron chi connectivity index (χ1n) is 9.55. The Morgan fingerprint density at radius 1 is 1.15 bits per heavy atom. The van der Waals surface area contributed by atoms with E-state index in [9.17, 15) is 29.1 Å². The molecule has 1 aliphatic heterocycles. The van der Waals surface area contributed by atoms with Crippen molar-refractivity contribution in [3.63, 3.8) is 0 Å². The van der Waals surface area contributed by atoms with Crippen molar-refractivity contribution in [3.05, 3.63) is 87.1 Å². The van der Waals surface area contributed by atoms with E-state index in [1.54, 1.807) is 30.3 Å². The molecule has 34 heavy (non-hydrogen) atoms. The summed E-state index contributed by atoms with van der Waals surface area (Å²) in [6.45, 7) is 0. The molecule has 3 rings (SSSR count). The molecule has 11 heteroatoms. The number of carboxylic acid groups (broad SMARTS) is 1. The Hall–Kier alpha value is -4.36. The highest BCUT2D eigenvalue weighted by Crippen LogP contribution is 2.45. The Morgan fingerprint density at radius 2 is 1.76 bits per heavy atom. The van der Waals surface area contributed by atoms with Crippen LogP contribution < -0.4 is 10.6 Å². The quantitative estimate of drug-likeness (QED) is 0.610. The number of aromatic carboxylic acids is 1. The highest BCUT2D eigenvalue weighted by Gasteiger charge is 2.43. The zero-order valence-electron chi connectivity index (χ0n) is 17.8. The molecule has 0 aliphatic carbocycles. The van der Waals surface area contributed by atoms with E-state index >= 15 is 0 Å². The lowest BCUT2D eigenvalue weighted by Gasteiger charge is -2.36. The minimum Gasteiger partial charge on any atom is -0.478 e. The monoisotopic (exact) mass is 485 g/mol. The molecule has 0 spiro atoms. The van der Waals surface area contributed by atoms with Gasteiger partial charge in [-0.05, 0) is 17.7 Å². The Balaban J connectivity index is 2.48. The predicted octanol–water partition coefficient (Wildman–Crippen LogP) is 3.08. The molecule has 1 unspecified atom stereocenters. The summed E-state index contributed by atoms with van der Waals surface area (Å²) in [5.74, 6) is -6.25. The van der Waals surface area contributed by atoms with Gasteiger partial charge in [-0.3, -0.25) is 4.90 Å². The zero-order valence-corrected chi connectivity index (χ0v) is 18.6. The predicted molar refractivity (Wildman–Crippen MR) is 118 cm³/mol. The lowest BCUT2D eigenvalue weighted by molar-refractivity contribution is -0.139. The van der Waals surface area contributed by atoms with E-state index in [4.69, 9.17) is 26.8 Å². The van der Waals surface area contributed by atoms with Crippen LogP contribution in [0.3, 0.4) is 0 Å². The zero-order chi connectivity index (χ0) is 25.2. The summed E-state index contributed by atoms with van der Waals surface area (Å²) >= 11 is 6.20. The number of esters is 2. The van der Waals surface area contributed by atoms with Gasteiger partial charge in [0.1, 0.15) is 17.3 Å². The highest BCUT2D eigenvalue weighted by molar-refractivity contribution is 6.33. The van der Waals surface area contributed by atoms with Gasteiger partial charge in [0.05, 0.1) is 53.6 Å². The number of methoxy groups -OCH3 is 2. The van der Waals surface area contributed by atoms with E-state index in [2.05, 4.69) is 0 Å². The first kappa shape index (κ1) is 24.3. The Kier molecular flexibility index (Phi) is 6.89. The number of halogens is 2. The molecule has 0 aromatic heterocycles. The largest absolute Gasteiger partial charge is 0.478 e. The van der Waals surface area contributed by atoms with Crippen molar-refractivity contribution in [2.75, 3.05) is 19.1 Å². The van der Waals surface area contributed by atoms with Crippen LogP contribution in [0.2, 0.25) is 5.02 Å². The van der Waals surface area contributed by atoms with Gasteiger partial charge in [0.15, 0.2) is 0 Å². The van der Waals surface area contributed by atoms with Crippen molar-refractivity contribution in [1.29, 1.82) is 5.26 Å². The second-order valence-corrected chi connectivity index (χ2v) is 7.33. The maximum Gasteiger partial charge on any atom is 0.355 e. The fourth-order valence-corrected chi connectivity index (χ4v) is 3.87. The molecule has 0 radical (unpaired) electrons. The molecule has 0 amide bonds. The van der Waals surface area contributed by atoms with Crippen LogP contribution in [0, 0.1) is 17.1 Å². The lowest BCUT2D eigenvalue weighted by Crippen LogP contribution is -2.41. The van der Waals surface area contributed by atoms with Crippen LogP contribution in [0.25, 0.3) is 0 Å². The second-order valence-electron chi connectivity index (χ2n) is 6.92. The Morgan fingerprint density at radius 3 is 2.29 bits per heavy atom. The van der Waals surface area contributed by atoms with E-state index in [-0.39, 0.29) is 27.7 Å². The number of ether oxygens (including phenoxy) is 2. The first-order chi connectivity index (χ1) is 16.2. The summed E-state index contributed by atoms with van der Waals surface area (Å²) in [5.41, 5.74) is 4.78. The molecule has 2 aromatic carbocycles. The van der Waals surface area contributed by atoms with Gasteiger partial charge in [0, 0.05) is 0 Å². The van der Waals surface area contributed by atoms with Gasteiger partial charge >= 0.3 is 17.9 Å². The number of carbonyl (C=O) groups excluding carboxylic acids is 2. The molecule has 0 bridgehead atoms. The van der Waals surface area contributed by atoms with Crippen molar-refractivity contribution >= 4 is 35.2 Å². The molecule has 174 valence electrons.